The molecule has 0 atom stereocenters. The Labute approximate surface area is 131 Å². The zero-order valence-electron chi connectivity index (χ0n) is 12.0. The molecule has 2 rings (SSSR count). The molecule has 0 aliphatic carbocycles. The van der Waals surface area contributed by atoms with E-state index in [0.717, 1.165) is 0 Å². The fourth-order valence-corrected chi connectivity index (χ4v) is 2.67. The maximum absolute atomic E-state index is 12.0. The lowest BCUT2D eigenvalue weighted by Crippen LogP contribution is -2.29. The smallest absolute Gasteiger partial charge is 0.387 e. The summed E-state index contributed by atoms with van der Waals surface area (Å²) in [5.74, 6) is -0.107. The Kier molecular flexibility index (Phi) is 5.85. The topological polar surface area (TPSA) is 41.6 Å². The first-order valence-corrected chi connectivity index (χ1v) is 7.46. The lowest BCUT2D eigenvalue weighted by atomic mass is 10.3. The zero-order chi connectivity index (χ0) is 15.9. The van der Waals surface area contributed by atoms with Crippen LogP contribution in [-0.2, 0) is 11.3 Å². The number of hydrogen-bond donors (Lipinski definition) is 1. The maximum Gasteiger partial charge on any atom is 0.387 e. The lowest BCUT2D eigenvalue weighted by Gasteiger charge is -2.15. The number of anilines is 1. The third-order valence-electron chi connectivity index (χ3n) is 2.78. The molecule has 22 heavy (non-hydrogen) atoms. The van der Waals surface area contributed by atoms with Crippen LogP contribution < -0.4 is 10.1 Å². The van der Waals surface area contributed by atoms with Crippen LogP contribution in [0.15, 0.2) is 41.8 Å². The molecule has 7 heteroatoms. The Morgan fingerprint density at radius 2 is 2.05 bits per heavy atom. The third-order valence-corrected chi connectivity index (χ3v) is 3.64. The summed E-state index contributed by atoms with van der Waals surface area (Å²) in [6.45, 7) is -1.91. The van der Waals surface area contributed by atoms with Gasteiger partial charge in [0.2, 0.25) is 5.91 Å². The van der Waals surface area contributed by atoms with Crippen LogP contribution >= 0.6 is 11.3 Å². The molecule has 0 radical (unpaired) electrons. The van der Waals surface area contributed by atoms with Gasteiger partial charge in [-0.2, -0.15) is 8.78 Å². The molecule has 1 amide bonds. The van der Waals surface area contributed by atoms with Crippen molar-refractivity contribution in [2.45, 2.75) is 13.2 Å². The van der Waals surface area contributed by atoms with Gasteiger partial charge in [0.25, 0.3) is 0 Å². The van der Waals surface area contributed by atoms with E-state index >= 15 is 0 Å². The number of ether oxygens (including phenoxy) is 1. The van der Waals surface area contributed by atoms with Gasteiger partial charge in [0.15, 0.2) is 0 Å². The molecule has 0 aliphatic heterocycles. The second-order valence-corrected chi connectivity index (χ2v) is 5.73. The highest BCUT2D eigenvalue weighted by Gasteiger charge is 2.09. The SMILES string of the molecule is CN(CC(=O)Nc1ccc(OC(F)F)cc1)Cc1cccs1. The minimum absolute atomic E-state index is 0.0582. The molecule has 0 bridgehead atoms. The Morgan fingerprint density at radius 3 is 2.64 bits per heavy atom. The van der Waals surface area contributed by atoms with E-state index in [-0.39, 0.29) is 18.2 Å². The van der Waals surface area contributed by atoms with E-state index in [0.29, 0.717) is 12.2 Å². The summed E-state index contributed by atoms with van der Waals surface area (Å²) in [6, 6.07) is 9.80. The molecule has 0 saturated heterocycles. The van der Waals surface area contributed by atoms with Crippen LogP contribution in [0.25, 0.3) is 0 Å². The van der Waals surface area contributed by atoms with Gasteiger partial charge in [-0.05, 0) is 42.8 Å². The van der Waals surface area contributed by atoms with E-state index < -0.39 is 6.61 Å². The quantitative estimate of drug-likeness (QED) is 0.848. The molecule has 1 N–H and O–H groups in total. The number of hydrogen-bond acceptors (Lipinski definition) is 4. The summed E-state index contributed by atoms with van der Waals surface area (Å²) in [6.07, 6.45) is 0. The van der Waals surface area contributed by atoms with Gasteiger partial charge in [0, 0.05) is 17.1 Å². The van der Waals surface area contributed by atoms with Crippen molar-refractivity contribution in [3.05, 3.63) is 46.7 Å². The highest BCUT2D eigenvalue weighted by atomic mass is 32.1. The van der Waals surface area contributed by atoms with Crippen molar-refractivity contribution in [3.63, 3.8) is 0 Å². The molecule has 118 valence electrons. The number of benzene rings is 1. The van der Waals surface area contributed by atoms with E-state index in [1.165, 1.54) is 29.1 Å². The highest BCUT2D eigenvalue weighted by Crippen LogP contribution is 2.17. The Bertz CT molecular complexity index is 588. The molecule has 2 aromatic rings. The molecular weight excluding hydrogens is 310 g/mol. The summed E-state index contributed by atoms with van der Waals surface area (Å²) < 4.78 is 28.3. The van der Waals surface area contributed by atoms with Crippen LogP contribution in [0.5, 0.6) is 5.75 Å². The van der Waals surface area contributed by atoms with Gasteiger partial charge in [0.05, 0.1) is 6.54 Å². The minimum atomic E-state index is -2.86. The average Bonchev–Trinajstić information content (AvgIpc) is 2.93. The van der Waals surface area contributed by atoms with E-state index in [4.69, 9.17) is 0 Å². The van der Waals surface area contributed by atoms with Crippen molar-refractivity contribution >= 4 is 22.9 Å². The summed E-state index contributed by atoms with van der Waals surface area (Å²) in [5.41, 5.74) is 0.538. The number of carbonyl (C=O) groups excluding carboxylic acids is 1. The molecule has 0 unspecified atom stereocenters. The summed E-state index contributed by atoms with van der Waals surface area (Å²) in [5, 5.41) is 4.71. The fraction of sp³-hybridized carbons (Fsp3) is 0.267. The number of likely N-dealkylation sites (N-methyl/N-ethyl adjacent to an activating group) is 1. The largest absolute Gasteiger partial charge is 0.435 e. The molecule has 1 heterocycles. The van der Waals surface area contributed by atoms with Gasteiger partial charge in [-0.15, -0.1) is 11.3 Å². The summed E-state index contributed by atoms with van der Waals surface area (Å²) in [7, 11) is 1.86. The van der Waals surface area contributed by atoms with Gasteiger partial charge < -0.3 is 10.1 Å². The predicted molar refractivity (Wildman–Crippen MR) is 82.4 cm³/mol. The molecule has 1 aromatic carbocycles. The van der Waals surface area contributed by atoms with Gasteiger partial charge in [-0.3, -0.25) is 9.69 Å². The summed E-state index contributed by atoms with van der Waals surface area (Å²) >= 11 is 1.64. The van der Waals surface area contributed by atoms with Crippen LogP contribution in [-0.4, -0.2) is 31.0 Å². The van der Waals surface area contributed by atoms with E-state index in [2.05, 4.69) is 10.1 Å². The average molecular weight is 326 g/mol. The number of rotatable bonds is 7. The second kappa shape index (κ2) is 7.86. The minimum Gasteiger partial charge on any atom is -0.435 e. The Hall–Kier alpha value is -1.99. The number of thiophene rings is 1. The van der Waals surface area contributed by atoms with Crippen LogP contribution in [0.1, 0.15) is 4.88 Å². The molecule has 0 saturated carbocycles. The predicted octanol–water partition coefficient (Wildman–Crippen LogP) is 3.42. The van der Waals surface area contributed by atoms with Crippen LogP contribution in [0.3, 0.4) is 0 Å². The number of nitrogens with one attached hydrogen (secondary N) is 1. The molecular formula is C15H16F2N2O2S. The highest BCUT2D eigenvalue weighted by molar-refractivity contribution is 7.09. The first kappa shape index (κ1) is 16.4. The van der Waals surface area contributed by atoms with Crippen molar-refractivity contribution in [2.75, 3.05) is 18.9 Å². The maximum atomic E-state index is 12.0. The van der Waals surface area contributed by atoms with Crippen LogP contribution in [0.4, 0.5) is 14.5 Å². The zero-order valence-corrected chi connectivity index (χ0v) is 12.8. The van der Waals surface area contributed by atoms with Crippen LogP contribution in [0, 0.1) is 0 Å². The number of nitrogens with zero attached hydrogens (tertiary/aromatic N) is 1. The van der Waals surface area contributed by atoms with Crippen molar-refractivity contribution in [1.29, 1.82) is 0 Å². The third kappa shape index (κ3) is 5.42. The van der Waals surface area contributed by atoms with E-state index in [9.17, 15) is 13.6 Å². The number of halogens is 2. The fourth-order valence-electron chi connectivity index (χ4n) is 1.89. The normalized spacial score (nSPS) is 11.0. The van der Waals surface area contributed by atoms with Crippen molar-refractivity contribution in [1.82, 2.24) is 4.90 Å². The first-order valence-electron chi connectivity index (χ1n) is 6.58. The van der Waals surface area contributed by atoms with Crippen molar-refractivity contribution in [2.24, 2.45) is 0 Å². The molecule has 1 aromatic heterocycles. The van der Waals surface area contributed by atoms with E-state index in [1.54, 1.807) is 11.3 Å². The lowest BCUT2D eigenvalue weighted by molar-refractivity contribution is -0.117. The number of alkyl halides is 2. The second-order valence-electron chi connectivity index (χ2n) is 4.70. The standard InChI is InChI=1S/C15H16F2N2O2S/c1-19(9-13-3-2-8-22-13)10-14(20)18-11-4-6-12(7-5-11)21-15(16)17/h2-8,15H,9-10H2,1H3,(H,18,20). The van der Waals surface area contributed by atoms with E-state index in [1.807, 2.05) is 29.5 Å². The Balaban J connectivity index is 1.81. The molecule has 0 fully saturated rings. The van der Waals surface area contributed by atoms with Gasteiger partial charge >= 0.3 is 6.61 Å². The molecule has 0 aliphatic rings. The number of amides is 1. The Morgan fingerprint density at radius 1 is 1.32 bits per heavy atom. The van der Waals surface area contributed by atoms with Crippen molar-refractivity contribution < 1.29 is 18.3 Å². The van der Waals surface area contributed by atoms with Gasteiger partial charge in [-0.25, -0.2) is 0 Å². The van der Waals surface area contributed by atoms with Gasteiger partial charge in [-0.1, -0.05) is 6.07 Å². The molecule has 4 nitrogen and oxygen atoms in total. The number of carbonyl (C=O) groups is 1. The first-order chi connectivity index (χ1) is 10.5. The van der Waals surface area contributed by atoms with Crippen molar-refractivity contribution in [3.8, 4) is 5.75 Å². The van der Waals surface area contributed by atoms with Crippen LogP contribution in [0.2, 0.25) is 0 Å². The van der Waals surface area contributed by atoms with Gasteiger partial charge in [0.1, 0.15) is 5.75 Å². The summed E-state index contributed by atoms with van der Waals surface area (Å²) in [4.78, 5) is 15.0. The monoisotopic (exact) mass is 326 g/mol. The molecule has 0 spiro atoms.